The van der Waals surface area contributed by atoms with E-state index in [1.165, 1.54) is 38.6 Å². The van der Waals surface area contributed by atoms with Gasteiger partial charge in [-0.05, 0) is 23.8 Å². The van der Waals surface area contributed by atoms with E-state index in [2.05, 4.69) is 5.16 Å². The summed E-state index contributed by atoms with van der Waals surface area (Å²) in [4.78, 5) is 5.46. The molecule has 2 N–H and O–H groups in total. The second-order valence-electron chi connectivity index (χ2n) is 6.75. The summed E-state index contributed by atoms with van der Waals surface area (Å²) in [5.74, 6) is 1.27. The number of phenolic OH excluding ortho intramolecular Hbond substituents is 2. The van der Waals surface area contributed by atoms with E-state index in [1.807, 2.05) is 30.3 Å². The topological polar surface area (TPSA) is 93.7 Å². The van der Waals surface area contributed by atoms with Gasteiger partial charge in [-0.15, -0.1) is 0 Å². The van der Waals surface area contributed by atoms with Gasteiger partial charge in [-0.2, -0.15) is 0 Å². The first-order chi connectivity index (χ1) is 15.1. The number of furan rings is 1. The largest absolute Gasteiger partial charge is 0.508 e. The van der Waals surface area contributed by atoms with Crippen molar-refractivity contribution in [3.05, 3.63) is 71.8 Å². The fourth-order valence-corrected chi connectivity index (χ4v) is 3.26. The molecule has 3 aromatic carbocycles. The van der Waals surface area contributed by atoms with Gasteiger partial charge >= 0.3 is 0 Å². The number of hydrogen-bond acceptors (Lipinski definition) is 7. The molecule has 0 unspecified atom stereocenters. The molecule has 0 saturated heterocycles. The summed E-state index contributed by atoms with van der Waals surface area (Å²) in [6.45, 7) is 0.305. The first-order valence-electron chi connectivity index (χ1n) is 9.51. The summed E-state index contributed by atoms with van der Waals surface area (Å²) >= 11 is 0. The Labute approximate surface area is 178 Å². The van der Waals surface area contributed by atoms with Crippen LogP contribution in [-0.2, 0) is 11.4 Å². The van der Waals surface area contributed by atoms with E-state index in [1.54, 1.807) is 12.1 Å². The van der Waals surface area contributed by atoms with Crippen LogP contribution in [0.4, 0.5) is 0 Å². The normalized spacial score (nSPS) is 11.2. The molecule has 4 rings (SSSR count). The first-order valence-corrected chi connectivity index (χ1v) is 9.51. The van der Waals surface area contributed by atoms with E-state index in [-0.39, 0.29) is 17.1 Å². The van der Waals surface area contributed by atoms with E-state index < -0.39 is 0 Å². The number of rotatable bonds is 7. The Morgan fingerprint density at radius 3 is 2.52 bits per heavy atom. The standard InChI is InChI=1S/C24H21NO6/c1-28-17-11-19-20(13-25-30-14-15-6-4-3-5-7-15)23(31-24(19)21(27)12-17)18-9-8-16(26)10-22(18)29-2/h3-13,26-27H,14H2,1-2H3/b25-13-. The molecule has 4 aromatic rings. The lowest BCUT2D eigenvalue weighted by Gasteiger charge is -2.07. The molecule has 7 heteroatoms. The summed E-state index contributed by atoms with van der Waals surface area (Å²) in [6.07, 6.45) is 1.52. The number of nitrogens with zero attached hydrogens (tertiary/aromatic N) is 1. The summed E-state index contributed by atoms with van der Waals surface area (Å²) in [5, 5.41) is 24.9. The third kappa shape index (κ3) is 4.11. The molecule has 0 aliphatic carbocycles. The maximum Gasteiger partial charge on any atom is 0.177 e. The summed E-state index contributed by atoms with van der Waals surface area (Å²) < 4.78 is 16.7. The highest BCUT2D eigenvalue weighted by Gasteiger charge is 2.21. The average Bonchev–Trinajstić information content (AvgIpc) is 3.16. The van der Waals surface area contributed by atoms with E-state index in [4.69, 9.17) is 18.7 Å². The summed E-state index contributed by atoms with van der Waals surface area (Å²) in [7, 11) is 3.01. The SMILES string of the molecule is COc1cc(O)c2oc(-c3ccc(O)cc3OC)c(/C=N\OCc3ccccc3)c2c1. The van der Waals surface area contributed by atoms with Crippen LogP contribution < -0.4 is 9.47 Å². The number of hydrogen-bond donors (Lipinski definition) is 2. The van der Waals surface area contributed by atoms with Crippen molar-refractivity contribution in [2.24, 2.45) is 5.16 Å². The van der Waals surface area contributed by atoms with Gasteiger partial charge in [-0.25, -0.2) is 0 Å². The van der Waals surface area contributed by atoms with Gasteiger partial charge in [0.1, 0.15) is 29.6 Å². The van der Waals surface area contributed by atoms with Crippen LogP contribution in [0.3, 0.4) is 0 Å². The van der Waals surface area contributed by atoms with Crippen LogP contribution in [0.1, 0.15) is 11.1 Å². The van der Waals surface area contributed by atoms with Crippen LogP contribution >= 0.6 is 0 Å². The molecule has 0 amide bonds. The van der Waals surface area contributed by atoms with Crippen molar-refractivity contribution in [3.8, 4) is 34.3 Å². The van der Waals surface area contributed by atoms with Gasteiger partial charge in [0.05, 0.1) is 31.6 Å². The number of oxime groups is 1. The van der Waals surface area contributed by atoms with Gasteiger partial charge < -0.3 is 28.9 Å². The van der Waals surface area contributed by atoms with Crippen molar-refractivity contribution in [1.82, 2.24) is 0 Å². The van der Waals surface area contributed by atoms with Crippen LogP contribution in [0, 0.1) is 0 Å². The minimum atomic E-state index is -0.0711. The highest BCUT2D eigenvalue weighted by Crippen LogP contribution is 2.42. The monoisotopic (exact) mass is 419 g/mol. The zero-order valence-corrected chi connectivity index (χ0v) is 17.0. The van der Waals surface area contributed by atoms with E-state index in [0.29, 0.717) is 40.4 Å². The Balaban J connectivity index is 1.80. The predicted octanol–water partition coefficient (Wildman–Crippen LogP) is 5.08. The summed E-state index contributed by atoms with van der Waals surface area (Å²) in [5.41, 5.74) is 2.41. The number of aromatic hydroxyl groups is 2. The van der Waals surface area contributed by atoms with E-state index in [0.717, 1.165) is 5.56 Å². The van der Waals surface area contributed by atoms with E-state index in [9.17, 15) is 10.2 Å². The Kier molecular flexibility index (Phi) is 5.66. The minimum absolute atomic E-state index is 0.0580. The molecule has 0 bridgehead atoms. The van der Waals surface area contributed by atoms with Gasteiger partial charge in [-0.3, -0.25) is 0 Å². The third-order valence-corrected chi connectivity index (χ3v) is 4.78. The lowest BCUT2D eigenvalue weighted by Crippen LogP contribution is -1.91. The molecule has 0 atom stereocenters. The third-order valence-electron chi connectivity index (χ3n) is 4.78. The quantitative estimate of drug-likeness (QED) is 0.321. The Morgan fingerprint density at radius 2 is 1.77 bits per heavy atom. The molecule has 0 fully saturated rings. The molecule has 0 radical (unpaired) electrons. The van der Waals surface area contributed by atoms with Crippen LogP contribution in [0.25, 0.3) is 22.3 Å². The molecule has 1 aromatic heterocycles. The highest BCUT2D eigenvalue weighted by atomic mass is 16.6. The van der Waals surface area contributed by atoms with Crippen LogP contribution in [-0.4, -0.2) is 30.6 Å². The van der Waals surface area contributed by atoms with Gasteiger partial charge in [0.15, 0.2) is 11.3 Å². The average molecular weight is 419 g/mol. The maximum atomic E-state index is 10.4. The second-order valence-corrected chi connectivity index (χ2v) is 6.75. The number of methoxy groups -OCH3 is 2. The van der Waals surface area contributed by atoms with Crippen LogP contribution in [0.15, 0.2) is 70.2 Å². The summed E-state index contributed by atoms with van der Waals surface area (Å²) in [6, 6.07) is 17.6. The minimum Gasteiger partial charge on any atom is -0.508 e. The Bertz CT molecular complexity index is 1230. The predicted molar refractivity (Wildman–Crippen MR) is 117 cm³/mol. The van der Waals surface area contributed by atoms with Gasteiger partial charge in [0, 0.05) is 17.5 Å². The zero-order chi connectivity index (χ0) is 21.8. The van der Waals surface area contributed by atoms with Crippen molar-refractivity contribution in [2.45, 2.75) is 6.61 Å². The number of benzene rings is 3. The Hall–Kier alpha value is -4.13. The van der Waals surface area contributed by atoms with Crippen molar-refractivity contribution in [1.29, 1.82) is 0 Å². The molecular formula is C24H21NO6. The Morgan fingerprint density at radius 1 is 0.968 bits per heavy atom. The zero-order valence-electron chi connectivity index (χ0n) is 17.0. The molecule has 158 valence electrons. The second kappa shape index (κ2) is 8.71. The molecule has 0 aliphatic rings. The number of fused-ring (bicyclic) bond motifs is 1. The van der Waals surface area contributed by atoms with Gasteiger partial charge in [-0.1, -0.05) is 35.5 Å². The number of phenols is 2. The van der Waals surface area contributed by atoms with Crippen LogP contribution in [0.2, 0.25) is 0 Å². The molecule has 0 saturated carbocycles. The highest BCUT2D eigenvalue weighted by molar-refractivity contribution is 6.06. The number of ether oxygens (including phenoxy) is 2. The van der Waals surface area contributed by atoms with Crippen molar-refractivity contribution < 1.29 is 28.9 Å². The first kappa shape index (κ1) is 20.2. The fraction of sp³-hybridized carbons (Fsp3) is 0.125. The van der Waals surface area contributed by atoms with Crippen molar-refractivity contribution in [2.75, 3.05) is 14.2 Å². The molecule has 0 aliphatic heterocycles. The van der Waals surface area contributed by atoms with Crippen LogP contribution in [0.5, 0.6) is 23.0 Å². The van der Waals surface area contributed by atoms with Crippen molar-refractivity contribution >= 4 is 17.2 Å². The smallest absolute Gasteiger partial charge is 0.177 e. The molecular weight excluding hydrogens is 398 g/mol. The van der Waals surface area contributed by atoms with Crippen molar-refractivity contribution in [3.63, 3.8) is 0 Å². The van der Waals surface area contributed by atoms with E-state index >= 15 is 0 Å². The molecule has 1 heterocycles. The van der Waals surface area contributed by atoms with Gasteiger partial charge in [0.2, 0.25) is 0 Å². The maximum absolute atomic E-state index is 10.4. The lowest BCUT2D eigenvalue weighted by molar-refractivity contribution is 0.132. The fourth-order valence-electron chi connectivity index (χ4n) is 3.26. The molecule has 0 spiro atoms. The lowest BCUT2D eigenvalue weighted by atomic mass is 10.0. The molecule has 31 heavy (non-hydrogen) atoms. The van der Waals surface area contributed by atoms with Gasteiger partial charge in [0.25, 0.3) is 0 Å². The molecule has 7 nitrogen and oxygen atoms in total.